The standard InChI is InChI=1S/C20H18N6O2S2/c1-12-17(23-25-26(12)14-5-4-6-16(11-14)29-3)18-21-20(30-24-18)22-19(27)13-7-9-15(28-2)10-8-13/h4-11H,1-3H3,(H,21,22,24,27). The summed E-state index contributed by atoms with van der Waals surface area (Å²) in [7, 11) is 1.58. The van der Waals surface area contributed by atoms with Crippen molar-refractivity contribution >= 4 is 34.3 Å². The van der Waals surface area contributed by atoms with Crippen molar-refractivity contribution in [2.24, 2.45) is 0 Å². The van der Waals surface area contributed by atoms with E-state index in [2.05, 4.69) is 25.0 Å². The molecule has 2 aromatic heterocycles. The maximum atomic E-state index is 12.4. The van der Waals surface area contributed by atoms with Crippen molar-refractivity contribution in [1.29, 1.82) is 0 Å². The minimum atomic E-state index is -0.269. The Labute approximate surface area is 181 Å². The molecular weight excluding hydrogens is 420 g/mol. The normalized spacial score (nSPS) is 10.8. The van der Waals surface area contributed by atoms with Gasteiger partial charge in [0.2, 0.25) is 5.13 Å². The lowest BCUT2D eigenvalue weighted by Gasteiger charge is -2.04. The van der Waals surface area contributed by atoms with Crippen LogP contribution in [0.4, 0.5) is 5.13 Å². The molecule has 0 aliphatic heterocycles. The largest absolute Gasteiger partial charge is 0.497 e. The van der Waals surface area contributed by atoms with E-state index in [0.717, 1.165) is 27.8 Å². The van der Waals surface area contributed by atoms with Crippen molar-refractivity contribution in [3.63, 3.8) is 0 Å². The van der Waals surface area contributed by atoms with E-state index in [4.69, 9.17) is 4.74 Å². The van der Waals surface area contributed by atoms with Gasteiger partial charge in [-0.25, -0.2) is 4.68 Å². The SMILES string of the molecule is COc1ccc(C(=O)Nc2nc(-c3nnn(-c4cccc(SC)c4)c3C)ns2)cc1. The number of amides is 1. The Hall–Kier alpha value is -3.24. The number of nitrogens with zero attached hydrogens (tertiary/aromatic N) is 5. The molecule has 0 aliphatic carbocycles. The smallest absolute Gasteiger partial charge is 0.257 e. The number of thioether (sulfide) groups is 1. The van der Waals surface area contributed by atoms with Gasteiger partial charge in [-0.1, -0.05) is 11.3 Å². The second-order valence-electron chi connectivity index (χ2n) is 6.24. The van der Waals surface area contributed by atoms with Gasteiger partial charge in [0.25, 0.3) is 5.91 Å². The topological polar surface area (TPSA) is 94.8 Å². The fourth-order valence-corrected chi connectivity index (χ4v) is 3.82. The fraction of sp³-hybridized carbons (Fsp3) is 0.150. The molecule has 0 aliphatic rings. The Morgan fingerprint density at radius 1 is 1.20 bits per heavy atom. The van der Waals surface area contributed by atoms with Gasteiger partial charge in [-0.2, -0.15) is 9.36 Å². The van der Waals surface area contributed by atoms with Gasteiger partial charge in [0.15, 0.2) is 11.5 Å². The molecule has 0 unspecified atom stereocenters. The van der Waals surface area contributed by atoms with E-state index in [9.17, 15) is 4.79 Å². The van der Waals surface area contributed by atoms with Crippen LogP contribution in [0, 0.1) is 6.92 Å². The predicted octanol–water partition coefficient (Wildman–Crippen LogP) is 4.08. The molecule has 10 heteroatoms. The molecule has 0 bridgehead atoms. The van der Waals surface area contributed by atoms with Crippen LogP contribution >= 0.6 is 23.3 Å². The lowest BCUT2D eigenvalue weighted by atomic mass is 10.2. The summed E-state index contributed by atoms with van der Waals surface area (Å²) >= 11 is 2.76. The molecule has 2 aromatic carbocycles. The van der Waals surface area contributed by atoms with Crippen LogP contribution in [0.2, 0.25) is 0 Å². The third-order valence-corrected chi connectivity index (χ3v) is 5.76. The summed E-state index contributed by atoms with van der Waals surface area (Å²) in [5.41, 5.74) is 2.81. The van der Waals surface area contributed by atoms with E-state index in [-0.39, 0.29) is 5.91 Å². The van der Waals surface area contributed by atoms with Gasteiger partial charge in [0, 0.05) is 22.0 Å². The second-order valence-corrected chi connectivity index (χ2v) is 7.87. The zero-order valence-electron chi connectivity index (χ0n) is 16.5. The summed E-state index contributed by atoms with van der Waals surface area (Å²) in [6.07, 6.45) is 2.03. The fourth-order valence-electron chi connectivity index (χ4n) is 2.81. The van der Waals surface area contributed by atoms with E-state index in [0.29, 0.717) is 28.0 Å². The first-order valence-electron chi connectivity index (χ1n) is 8.95. The van der Waals surface area contributed by atoms with E-state index >= 15 is 0 Å². The number of carbonyl (C=O) groups is 1. The van der Waals surface area contributed by atoms with Gasteiger partial charge < -0.3 is 4.74 Å². The van der Waals surface area contributed by atoms with E-state index < -0.39 is 0 Å². The van der Waals surface area contributed by atoms with Crippen LogP contribution in [0.25, 0.3) is 17.2 Å². The molecule has 2 heterocycles. The predicted molar refractivity (Wildman–Crippen MR) is 118 cm³/mol. The minimum Gasteiger partial charge on any atom is -0.497 e. The van der Waals surface area contributed by atoms with Crippen LogP contribution < -0.4 is 10.1 Å². The number of nitrogens with one attached hydrogen (secondary N) is 1. The number of carbonyl (C=O) groups excluding carboxylic acids is 1. The van der Waals surface area contributed by atoms with Gasteiger partial charge in [0.1, 0.15) is 5.75 Å². The van der Waals surface area contributed by atoms with Gasteiger partial charge in [-0.15, -0.1) is 16.9 Å². The Morgan fingerprint density at radius 3 is 2.73 bits per heavy atom. The summed E-state index contributed by atoms with van der Waals surface area (Å²) in [5, 5.41) is 11.7. The van der Waals surface area contributed by atoms with Gasteiger partial charge in [-0.3, -0.25) is 10.1 Å². The Balaban J connectivity index is 1.54. The monoisotopic (exact) mass is 438 g/mol. The number of aromatic nitrogens is 5. The number of anilines is 1. The first-order valence-corrected chi connectivity index (χ1v) is 10.9. The summed E-state index contributed by atoms with van der Waals surface area (Å²) in [6.45, 7) is 1.91. The first-order chi connectivity index (χ1) is 14.6. The summed E-state index contributed by atoms with van der Waals surface area (Å²) in [6, 6.07) is 14.9. The molecule has 8 nitrogen and oxygen atoms in total. The molecule has 1 N–H and O–H groups in total. The molecule has 0 saturated carbocycles. The van der Waals surface area contributed by atoms with Crippen molar-refractivity contribution in [2.75, 3.05) is 18.7 Å². The molecule has 4 aromatic rings. The number of hydrogen-bond donors (Lipinski definition) is 1. The highest BCUT2D eigenvalue weighted by atomic mass is 32.2. The average molecular weight is 439 g/mol. The molecule has 0 spiro atoms. The van der Waals surface area contributed by atoms with Crippen LogP contribution in [0.15, 0.2) is 53.4 Å². The van der Waals surface area contributed by atoms with Crippen molar-refractivity contribution in [3.05, 3.63) is 59.8 Å². The summed E-state index contributed by atoms with van der Waals surface area (Å²) in [4.78, 5) is 18.0. The highest BCUT2D eigenvalue weighted by molar-refractivity contribution is 7.98. The third kappa shape index (κ3) is 4.05. The van der Waals surface area contributed by atoms with Crippen LogP contribution in [-0.4, -0.2) is 43.6 Å². The van der Waals surface area contributed by atoms with Crippen molar-refractivity contribution < 1.29 is 9.53 Å². The van der Waals surface area contributed by atoms with Crippen molar-refractivity contribution in [1.82, 2.24) is 24.4 Å². The molecule has 0 fully saturated rings. The van der Waals surface area contributed by atoms with Crippen molar-refractivity contribution in [2.45, 2.75) is 11.8 Å². The van der Waals surface area contributed by atoms with Crippen LogP contribution in [0.5, 0.6) is 5.75 Å². The number of rotatable bonds is 6. The zero-order valence-corrected chi connectivity index (χ0v) is 18.1. The maximum absolute atomic E-state index is 12.4. The highest BCUT2D eigenvalue weighted by Crippen LogP contribution is 2.25. The number of methoxy groups -OCH3 is 1. The first kappa shape index (κ1) is 20.0. The molecule has 1 amide bonds. The minimum absolute atomic E-state index is 0.269. The zero-order chi connectivity index (χ0) is 21.1. The number of benzene rings is 2. The van der Waals surface area contributed by atoms with Crippen LogP contribution in [0.1, 0.15) is 16.1 Å². The molecule has 4 rings (SSSR count). The van der Waals surface area contributed by atoms with Crippen LogP contribution in [-0.2, 0) is 0 Å². The maximum Gasteiger partial charge on any atom is 0.257 e. The molecule has 30 heavy (non-hydrogen) atoms. The average Bonchev–Trinajstić information content (AvgIpc) is 3.40. The quantitative estimate of drug-likeness (QED) is 0.453. The Bertz CT molecular complexity index is 1190. The molecule has 0 atom stereocenters. The Kier molecular flexibility index (Phi) is 5.77. The lowest BCUT2D eigenvalue weighted by molar-refractivity contribution is 0.102. The summed E-state index contributed by atoms with van der Waals surface area (Å²) in [5.74, 6) is 0.843. The highest BCUT2D eigenvalue weighted by Gasteiger charge is 2.18. The van der Waals surface area contributed by atoms with Gasteiger partial charge in [-0.05, 0) is 55.6 Å². The third-order valence-electron chi connectivity index (χ3n) is 4.40. The number of hydrogen-bond acceptors (Lipinski definition) is 8. The van der Waals surface area contributed by atoms with Gasteiger partial charge >= 0.3 is 0 Å². The van der Waals surface area contributed by atoms with Crippen molar-refractivity contribution in [3.8, 4) is 23.0 Å². The molecular formula is C20H18N6O2S2. The second kappa shape index (κ2) is 8.64. The lowest BCUT2D eigenvalue weighted by Crippen LogP contribution is -2.11. The van der Waals surface area contributed by atoms with E-state index in [1.165, 1.54) is 0 Å². The molecule has 0 saturated heterocycles. The van der Waals surface area contributed by atoms with E-state index in [1.54, 1.807) is 47.8 Å². The summed E-state index contributed by atoms with van der Waals surface area (Å²) < 4.78 is 11.2. The van der Waals surface area contributed by atoms with Gasteiger partial charge in [0.05, 0.1) is 18.5 Å². The Morgan fingerprint density at radius 2 is 2.00 bits per heavy atom. The number of ether oxygens (including phenoxy) is 1. The molecule has 152 valence electrons. The molecule has 0 radical (unpaired) electrons. The van der Waals surface area contributed by atoms with E-state index in [1.807, 2.05) is 37.4 Å². The van der Waals surface area contributed by atoms with Crippen LogP contribution in [0.3, 0.4) is 0 Å².